The van der Waals surface area contributed by atoms with Crippen molar-refractivity contribution >= 4 is 5.82 Å². The van der Waals surface area contributed by atoms with E-state index in [0.29, 0.717) is 0 Å². The summed E-state index contributed by atoms with van der Waals surface area (Å²) < 4.78 is 12.8. The van der Waals surface area contributed by atoms with Gasteiger partial charge in [0, 0.05) is 26.3 Å². The van der Waals surface area contributed by atoms with Crippen molar-refractivity contribution in [1.82, 2.24) is 9.88 Å². The molecule has 0 radical (unpaired) electrons. The molecule has 0 aliphatic heterocycles. The maximum Gasteiger partial charge on any atom is 0.125 e. The topological polar surface area (TPSA) is 28.2 Å². The third-order valence-corrected chi connectivity index (χ3v) is 2.90. The number of anilines is 1. The molecule has 2 rings (SSSR count). The van der Waals surface area contributed by atoms with Gasteiger partial charge in [-0.1, -0.05) is 12.1 Å². The largest absolute Gasteiger partial charge is 0.373 e. The zero-order valence-electron chi connectivity index (χ0n) is 11.2. The summed E-state index contributed by atoms with van der Waals surface area (Å²) in [6, 6.07) is 10.7. The predicted octanol–water partition coefficient (Wildman–Crippen LogP) is 2.89. The average Bonchev–Trinajstić information content (AvgIpc) is 2.41. The molecule has 100 valence electrons. The fraction of sp³-hybridized carbons (Fsp3) is 0.267. The minimum absolute atomic E-state index is 0.195. The van der Waals surface area contributed by atoms with E-state index in [4.69, 9.17) is 0 Å². The maximum absolute atomic E-state index is 12.8. The minimum Gasteiger partial charge on any atom is -0.373 e. The van der Waals surface area contributed by atoms with Gasteiger partial charge in [-0.2, -0.15) is 0 Å². The molecule has 0 atom stereocenters. The van der Waals surface area contributed by atoms with Crippen LogP contribution < -0.4 is 5.32 Å². The average molecular weight is 259 g/mol. The molecule has 0 aliphatic rings. The first kappa shape index (κ1) is 13.5. The molecule has 0 aliphatic carbocycles. The highest BCUT2D eigenvalue weighted by molar-refractivity contribution is 5.36. The van der Waals surface area contributed by atoms with Crippen LogP contribution in [0.4, 0.5) is 10.2 Å². The first-order chi connectivity index (χ1) is 9.17. The zero-order chi connectivity index (χ0) is 13.7. The van der Waals surface area contributed by atoms with Crippen molar-refractivity contribution in [3.8, 4) is 0 Å². The van der Waals surface area contributed by atoms with Crippen LogP contribution in [-0.4, -0.2) is 24.0 Å². The highest BCUT2D eigenvalue weighted by atomic mass is 19.1. The summed E-state index contributed by atoms with van der Waals surface area (Å²) in [5.74, 6) is 0.673. The number of nitrogens with one attached hydrogen (secondary N) is 1. The summed E-state index contributed by atoms with van der Waals surface area (Å²) in [7, 11) is 3.90. The number of benzene rings is 1. The lowest BCUT2D eigenvalue weighted by atomic mass is 10.2. The Bertz CT molecular complexity index is 525. The number of rotatable bonds is 5. The van der Waals surface area contributed by atoms with Gasteiger partial charge in [-0.3, -0.25) is 4.90 Å². The normalized spacial score (nSPS) is 10.7. The highest BCUT2D eigenvalue weighted by Gasteiger charge is 2.03. The van der Waals surface area contributed by atoms with E-state index in [1.807, 2.05) is 38.4 Å². The minimum atomic E-state index is -0.195. The Balaban J connectivity index is 1.96. The lowest BCUT2D eigenvalue weighted by Crippen LogP contribution is -2.17. The number of pyridine rings is 1. The first-order valence-electron chi connectivity index (χ1n) is 6.23. The Morgan fingerprint density at radius 2 is 1.79 bits per heavy atom. The van der Waals surface area contributed by atoms with Crippen LogP contribution in [-0.2, 0) is 13.1 Å². The van der Waals surface area contributed by atoms with E-state index < -0.39 is 0 Å². The smallest absolute Gasteiger partial charge is 0.125 e. The van der Waals surface area contributed by atoms with Crippen LogP contribution in [0.3, 0.4) is 0 Å². The third-order valence-electron chi connectivity index (χ3n) is 2.90. The molecule has 1 aromatic heterocycles. The SMILES string of the molecule is CNc1cc(CN(C)Cc2ccc(F)cc2)ccn1. The molecule has 0 fully saturated rings. The summed E-state index contributed by atoms with van der Waals surface area (Å²) in [5.41, 5.74) is 2.30. The van der Waals surface area contributed by atoms with E-state index in [-0.39, 0.29) is 5.82 Å². The molecular formula is C15H18FN3. The Labute approximate surface area is 113 Å². The van der Waals surface area contributed by atoms with E-state index in [0.717, 1.165) is 24.5 Å². The van der Waals surface area contributed by atoms with Crippen molar-refractivity contribution in [2.45, 2.75) is 13.1 Å². The molecule has 1 heterocycles. The molecule has 19 heavy (non-hydrogen) atoms. The van der Waals surface area contributed by atoms with E-state index in [2.05, 4.69) is 15.2 Å². The van der Waals surface area contributed by atoms with Crippen molar-refractivity contribution in [3.63, 3.8) is 0 Å². The summed E-state index contributed by atoms with van der Waals surface area (Å²) in [5, 5.41) is 3.03. The van der Waals surface area contributed by atoms with Gasteiger partial charge in [-0.25, -0.2) is 9.37 Å². The van der Waals surface area contributed by atoms with E-state index >= 15 is 0 Å². The molecule has 4 heteroatoms. The van der Waals surface area contributed by atoms with Gasteiger partial charge < -0.3 is 5.32 Å². The Kier molecular flexibility index (Phi) is 4.47. The fourth-order valence-corrected chi connectivity index (χ4v) is 1.98. The van der Waals surface area contributed by atoms with Crippen molar-refractivity contribution in [1.29, 1.82) is 0 Å². The number of hydrogen-bond acceptors (Lipinski definition) is 3. The summed E-state index contributed by atoms with van der Waals surface area (Å²) in [4.78, 5) is 6.37. The van der Waals surface area contributed by atoms with E-state index in [9.17, 15) is 4.39 Å². The van der Waals surface area contributed by atoms with Gasteiger partial charge in [0.1, 0.15) is 11.6 Å². The van der Waals surface area contributed by atoms with Crippen LogP contribution in [0.1, 0.15) is 11.1 Å². The second kappa shape index (κ2) is 6.29. The van der Waals surface area contributed by atoms with Gasteiger partial charge in [-0.15, -0.1) is 0 Å². The van der Waals surface area contributed by atoms with Gasteiger partial charge in [-0.05, 0) is 42.4 Å². The molecular weight excluding hydrogens is 241 g/mol. The number of hydrogen-bond donors (Lipinski definition) is 1. The predicted molar refractivity (Wildman–Crippen MR) is 75.4 cm³/mol. The molecule has 1 aromatic carbocycles. The zero-order valence-corrected chi connectivity index (χ0v) is 11.2. The van der Waals surface area contributed by atoms with Crippen LogP contribution in [0.2, 0.25) is 0 Å². The van der Waals surface area contributed by atoms with Crippen molar-refractivity contribution in [3.05, 3.63) is 59.5 Å². The van der Waals surface area contributed by atoms with E-state index in [1.54, 1.807) is 6.20 Å². The van der Waals surface area contributed by atoms with Gasteiger partial charge >= 0.3 is 0 Å². The molecule has 0 saturated carbocycles. The van der Waals surface area contributed by atoms with Crippen LogP contribution in [0.15, 0.2) is 42.6 Å². The van der Waals surface area contributed by atoms with Crippen LogP contribution in [0.5, 0.6) is 0 Å². The first-order valence-corrected chi connectivity index (χ1v) is 6.23. The van der Waals surface area contributed by atoms with Crippen LogP contribution in [0.25, 0.3) is 0 Å². The second-order valence-electron chi connectivity index (χ2n) is 4.60. The molecule has 3 nitrogen and oxygen atoms in total. The molecule has 0 bridgehead atoms. The third kappa shape index (κ3) is 4.03. The summed E-state index contributed by atoms with van der Waals surface area (Å²) in [6.07, 6.45) is 1.80. The quantitative estimate of drug-likeness (QED) is 0.895. The van der Waals surface area contributed by atoms with Gasteiger partial charge in [0.25, 0.3) is 0 Å². The Hall–Kier alpha value is -1.94. The van der Waals surface area contributed by atoms with Gasteiger partial charge in [0.15, 0.2) is 0 Å². The molecule has 0 amide bonds. The van der Waals surface area contributed by atoms with Crippen molar-refractivity contribution in [2.24, 2.45) is 0 Å². The van der Waals surface area contributed by atoms with Gasteiger partial charge in [0.05, 0.1) is 0 Å². The van der Waals surface area contributed by atoms with Gasteiger partial charge in [0.2, 0.25) is 0 Å². The Morgan fingerprint density at radius 1 is 1.11 bits per heavy atom. The maximum atomic E-state index is 12.8. The lowest BCUT2D eigenvalue weighted by Gasteiger charge is -2.17. The van der Waals surface area contributed by atoms with Crippen LogP contribution in [0, 0.1) is 5.82 Å². The standard InChI is InChI=1S/C15H18FN3/c1-17-15-9-13(7-8-18-15)11-19(2)10-12-3-5-14(16)6-4-12/h3-9H,10-11H2,1-2H3,(H,17,18). The highest BCUT2D eigenvalue weighted by Crippen LogP contribution is 2.11. The summed E-state index contributed by atoms with van der Waals surface area (Å²) >= 11 is 0. The molecule has 0 saturated heterocycles. The molecule has 0 spiro atoms. The molecule has 2 aromatic rings. The van der Waals surface area contributed by atoms with E-state index in [1.165, 1.54) is 17.7 Å². The molecule has 0 unspecified atom stereocenters. The monoisotopic (exact) mass is 259 g/mol. The van der Waals surface area contributed by atoms with Crippen molar-refractivity contribution in [2.75, 3.05) is 19.4 Å². The lowest BCUT2D eigenvalue weighted by molar-refractivity contribution is 0.319. The number of nitrogens with zero attached hydrogens (tertiary/aromatic N) is 2. The fourth-order valence-electron chi connectivity index (χ4n) is 1.98. The second-order valence-corrected chi connectivity index (χ2v) is 4.60. The number of halogens is 1. The summed E-state index contributed by atoms with van der Waals surface area (Å²) in [6.45, 7) is 1.62. The van der Waals surface area contributed by atoms with Crippen LogP contribution >= 0.6 is 0 Å². The Morgan fingerprint density at radius 3 is 2.47 bits per heavy atom. The van der Waals surface area contributed by atoms with Crippen molar-refractivity contribution < 1.29 is 4.39 Å². The number of aromatic nitrogens is 1. The molecule has 1 N–H and O–H groups in total.